The maximum Gasteiger partial charge on any atom is 0.129 e. The van der Waals surface area contributed by atoms with Gasteiger partial charge in [-0.2, -0.15) is 0 Å². The third-order valence-corrected chi connectivity index (χ3v) is 2.90. The maximum atomic E-state index is 5.85. The summed E-state index contributed by atoms with van der Waals surface area (Å²) in [7, 11) is 0. The van der Waals surface area contributed by atoms with E-state index in [4.69, 9.17) is 11.6 Å². The number of rotatable bonds is 4. The Labute approximate surface area is 91.5 Å². The first-order chi connectivity index (χ1) is 6.67. The predicted molar refractivity (Wildman–Crippen MR) is 61.8 cm³/mol. The van der Waals surface area contributed by atoms with E-state index in [-0.39, 0.29) is 0 Å². The molecule has 0 aliphatic heterocycles. The molecule has 0 amide bonds. The second-order valence-electron chi connectivity index (χ2n) is 3.85. The maximum absolute atomic E-state index is 5.85. The van der Waals surface area contributed by atoms with E-state index in [1.165, 1.54) is 17.5 Å². The van der Waals surface area contributed by atoms with Crippen LogP contribution in [0.1, 0.15) is 38.3 Å². The number of hydrogen-bond donors (Lipinski definition) is 0. The molecule has 1 aromatic heterocycles. The number of hydrogen-bond acceptors (Lipinski definition) is 1. The van der Waals surface area contributed by atoms with E-state index in [9.17, 15) is 0 Å². The molecule has 0 radical (unpaired) electrons. The third kappa shape index (κ3) is 2.98. The Morgan fingerprint density at radius 2 is 2.07 bits per heavy atom. The smallest absolute Gasteiger partial charge is 0.129 e. The fourth-order valence-corrected chi connectivity index (χ4v) is 1.71. The number of nitrogens with zero attached hydrogens (tertiary/aromatic N) is 1. The molecule has 0 fully saturated rings. The van der Waals surface area contributed by atoms with E-state index in [1.807, 2.05) is 12.3 Å². The molecule has 0 N–H and O–H groups in total. The molecule has 0 saturated carbocycles. The lowest BCUT2D eigenvalue weighted by Gasteiger charge is -2.11. The molecule has 1 unspecified atom stereocenters. The van der Waals surface area contributed by atoms with Crippen molar-refractivity contribution < 1.29 is 0 Å². The summed E-state index contributed by atoms with van der Waals surface area (Å²) in [4.78, 5) is 4.14. The van der Waals surface area contributed by atoms with E-state index >= 15 is 0 Å². The van der Waals surface area contributed by atoms with Crippen molar-refractivity contribution in [1.29, 1.82) is 0 Å². The Hall–Kier alpha value is -0.560. The third-order valence-electron chi connectivity index (χ3n) is 2.70. The molecule has 0 saturated heterocycles. The van der Waals surface area contributed by atoms with Gasteiger partial charge < -0.3 is 0 Å². The zero-order valence-electron chi connectivity index (χ0n) is 9.18. The summed E-state index contributed by atoms with van der Waals surface area (Å²) in [6.45, 7) is 6.65. The number of aryl methyl sites for hydroxylation is 1. The molecular weight excluding hydrogens is 194 g/mol. The zero-order valence-corrected chi connectivity index (χ0v) is 9.93. The van der Waals surface area contributed by atoms with E-state index in [0.29, 0.717) is 5.15 Å². The summed E-state index contributed by atoms with van der Waals surface area (Å²) >= 11 is 5.85. The highest BCUT2D eigenvalue weighted by Crippen LogP contribution is 2.18. The number of halogens is 1. The topological polar surface area (TPSA) is 12.9 Å². The molecular formula is C12H18ClN. The lowest BCUT2D eigenvalue weighted by molar-refractivity contribution is 0.557. The minimum absolute atomic E-state index is 0.606. The second kappa shape index (κ2) is 5.35. The Morgan fingerprint density at radius 3 is 2.64 bits per heavy atom. The fraction of sp³-hybridized carbons (Fsp3) is 0.583. The predicted octanol–water partition coefficient (Wildman–Crippen LogP) is 3.89. The normalized spacial score (nSPS) is 12.9. The minimum atomic E-state index is 0.606. The van der Waals surface area contributed by atoms with Crippen LogP contribution in [0.15, 0.2) is 12.3 Å². The van der Waals surface area contributed by atoms with Crippen LogP contribution >= 0.6 is 11.6 Å². The molecule has 14 heavy (non-hydrogen) atoms. The van der Waals surface area contributed by atoms with Crippen molar-refractivity contribution >= 4 is 11.6 Å². The van der Waals surface area contributed by atoms with Gasteiger partial charge in [0.25, 0.3) is 0 Å². The van der Waals surface area contributed by atoms with E-state index in [2.05, 4.69) is 25.8 Å². The highest BCUT2D eigenvalue weighted by atomic mass is 35.5. The van der Waals surface area contributed by atoms with Gasteiger partial charge in [-0.25, -0.2) is 4.98 Å². The fourth-order valence-electron chi connectivity index (χ4n) is 1.53. The SMILES string of the molecule is CCc1cc(Cl)ncc1CC(C)CC. The van der Waals surface area contributed by atoms with E-state index in [1.54, 1.807) is 0 Å². The van der Waals surface area contributed by atoms with Crippen molar-refractivity contribution in [2.45, 2.75) is 40.0 Å². The quantitative estimate of drug-likeness (QED) is 0.689. The van der Waals surface area contributed by atoms with Gasteiger partial charge in [0.2, 0.25) is 0 Å². The molecule has 1 rings (SSSR count). The van der Waals surface area contributed by atoms with Gasteiger partial charge in [-0.3, -0.25) is 0 Å². The van der Waals surface area contributed by atoms with Crippen LogP contribution in [-0.2, 0) is 12.8 Å². The highest BCUT2D eigenvalue weighted by molar-refractivity contribution is 6.29. The van der Waals surface area contributed by atoms with Gasteiger partial charge in [0.1, 0.15) is 5.15 Å². The average molecular weight is 212 g/mol. The monoisotopic (exact) mass is 211 g/mol. The Balaban J connectivity index is 2.85. The molecule has 1 atom stereocenters. The van der Waals surface area contributed by atoms with Crippen molar-refractivity contribution in [1.82, 2.24) is 4.98 Å². The summed E-state index contributed by atoms with van der Waals surface area (Å²) in [5, 5.41) is 0.606. The van der Waals surface area contributed by atoms with Gasteiger partial charge in [0.15, 0.2) is 0 Å². The molecule has 0 aliphatic carbocycles. The van der Waals surface area contributed by atoms with Crippen LogP contribution in [0.25, 0.3) is 0 Å². The molecule has 1 aromatic rings. The lowest BCUT2D eigenvalue weighted by Crippen LogP contribution is -2.02. The van der Waals surface area contributed by atoms with Crippen molar-refractivity contribution in [2.24, 2.45) is 5.92 Å². The second-order valence-corrected chi connectivity index (χ2v) is 4.23. The van der Waals surface area contributed by atoms with Crippen LogP contribution < -0.4 is 0 Å². The van der Waals surface area contributed by atoms with Crippen LogP contribution in [0, 0.1) is 5.92 Å². The molecule has 2 heteroatoms. The standard InChI is InChI=1S/C12H18ClN/c1-4-9(3)6-11-8-14-12(13)7-10(11)5-2/h7-9H,4-6H2,1-3H3. The summed E-state index contributed by atoms with van der Waals surface area (Å²) in [5.74, 6) is 0.725. The number of pyridine rings is 1. The summed E-state index contributed by atoms with van der Waals surface area (Å²) in [6, 6.07) is 1.99. The molecule has 1 heterocycles. The van der Waals surface area contributed by atoms with Crippen LogP contribution in [-0.4, -0.2) is 4.98 Å². The van der Waals surface area contributed by atoms with Crippen molar-refractivity contribution in [3.8, 4) is 0 Å². The molecule has 0 spiro atoms. The first kappa shape index (κ1) is 11.5. The van der Waals surface area contributed by atoms with Gasteiger partial charge in [0, 0.05) is 6.20 Å². The molecule has 1 nitrogen and oxygen atoms in total. The molecule has 78 valence electrons. The summed E-state index contributed by atoms with van der Waals surface area (Å²) in [6.07, 6.45) is 5.29. The van der Waals surface area contributed by atoms with E-state index in [0.717, 1.165) is 18.8 Å². The first-order valence-electron chi connectivity index (χ1n) is 5.30. The van der Waals surface area contributed by atoms with E-state index < -0.39 is 0 Å². The highest BCUT2D eigenvalue weighted by Gasteiger charge is 2.06. The van der Waals surface area contributed by atoms with Crippen molar-refractivity contribution in [3.05, 3.63) is 28.5 Å². The summed E-state index contributed by atoms with van der Waals surface area (Å²) < 4.78 is 0. The molecule has 0 bridgehead atoms. The largest absolute Gasteiger partial charge is 0.244 e. The van der Waals surface area contributed by atoms with Crippen LogP contribution in [0.3, 0.4) is 0 Å². The lowest BCUT2D eigenvalue weighted by atomic mass is 9.96. The van der Waals surface area contributed by atoms with Crippen molar-refractivity contribution in [2.75, 3.05) is 0 Å². The summed E-state index contributed by atoms with van der Waals surface area (Å²) in [5.41, 5.74) is 2.69. The van der Waals surface area contributed by atoms with Crippen LogP contribution in [0.2, 0.25) is 5.15 Å². The minimum Gasteiger partial charge on any atom is -0.244 e. The zero-order chi connectivity index (χ0) is 10.6. The van der Waals surface area contributed by atoms with Gasteiger partial charge >= 0.3 is 0 Å². The van der Waals surface area contributed by atoms with Crippen molar-refractivity contribution in [3.63, 3.8) is 0 Å². The van der Waals surface area contributed by atoms with Gasteiger partial charge in [-0.1, -0.05) is 38.8 Å². The molecule has 0 aromatic carbocycles. The Bertz CT molecular complexity index is 296. The Morgan fingerprint density at radius 1 is 1.36 bits per heavy atom. The molecule has 0 aliphatic rings. The number of aromatic nitrogens is 1. The van der Waals surface area contributed by atoms with Gasteiger partial charge in [-0.15, -0.1) is 0 Å². The van der Waals surface area contributed by atoms with Crippen LogP contribution in [0.4, 0.5) is 0 Å². The van der Waals surface area contributed by atoms with Gasteiger partial charge in [-0.05, 0) is 36.0 Å². The van der Waals surface area contributed by atoms with Crippen LogP contribution in [0.5, 0.6) is 0 Å². The first-order valence-corrected chi connectivity index (χ1v) is 5.68. The average Bonchev–Trinajstić information content (AvgIpc) is 2.20. The Kier molecular flexibility index (Phi) is 4.40. The van der Waals surface area contributed by atoms with Gasteiger partial charge in [0.05, 0.1) is 0 Å².